The summed E-state index contributed by atoms with van der Waals surface area (Å²) >= 11 is 0. The molecule has 112 valence electrons. The van der Waals surface area contributed by atoms with Crippen LogP contribution in [0.2, 0.25) is 0 Å². The lowest BCUT2D eigenvalue weighted by molar-refractivity contribution is -0.129. The molecule has 7 nitrogen and oxygen atoms in total. The van der Waals surface area contributed by atoms with Gasteiger partial charge in [0.2, 0.25) is 11.8 Å². The van der Waals surface area contributed by atoms with Gasteiger partial charge in [-0.1, -0.05) is 0 Å². The van der Waals surface area contributed by atoms with Gasteiger partial charge in [0.15, 0.2) is 11.5 Å². The Morgan fingerprint density at radius 2 is 1.62 bits per heavy atom. The second-order valence-corrected chi connectivity index (χ2v) is 4.51. The van der Waals surface area contributed by atoms with Crippen molar-refractivity contribution in [2.75, 3.05) is 19.1 Å². The van der Waals surface area contributed by atoms with Crippen LogP contribution < -0.4 is 14.4 Å². The number of nitrogens with zero attached hydrogens (tertiary/aromatic N) is 1. The molecular weight excluding hydrogens is 278 g/mol. The number of benzene rings is 1. The number of carboxylic acid groups (broad SMARTS) is 1. The maximum absolute atomic E-state index is 12.0. The number of carbonyl (C=O) groups excluding carboxylic acids is 2. The fourth-order valence-corrected chi connectivity index (χ4v) is 2.25. The average molecular weight is 293 g/mol. The van der Waals surface area contributed by atoms with E-state index in [1.165, 1.54) is 26.4 Å². The Kier molecular flexibility index (Phi) is 4.11. The smallest absolute Gasteiger partial charge is 0.337 e. The topological polar surface area (TPSA) is 93.1 Å². The number of carbonyl (C=O) groups is 3. The van der Waals surface area contributed by atoms with Crippen LogP contribution in [-0.4, -0.2) is 37.1 Å². The molecule has 0 aliphatic carbocycles. The lowest BCUT2D eigenvalue weighted by atomic mass is 10.0. The lowest BCUT2D eigenvalue weighted by Gasteiger charge is -2.26. The monoisotopic (exact) mass is 293 g/mol. The van der Waals surface area contributed by atoms with E-state index < -0.39 is 17.8 Å². The second kappa shape index (κ2) is 5.82. The first-order valence-corrected chi connectivity index (χ1v) is 6.34. The molecule has 0 bridgehead atoms. The molecule has 0 aromatic heterocycles. The van der Waals surface area contributed by atoms with E-state index in [0.29, 0.717) is 6.42 Å². The fraction of sp³-hybridized carbons (Fsp3) is 0.357. The summed E-state index contributed by atoms with van der Waals surface area (Å²) in [4.78, 5) is 36.3. The van der Waals surface area contributed by atoms with Crippen molar-refractivity contribution >= 4 is 23.5 Å². The van der Waals surface area contributed by atoms with Crippen LogP contribution >= 0.6 is 0 Å². The molecule has 2 amide bonds. The van der Waals surface area contributed by atoms with Gasteiger partial charge in [-0.25, -0.2) is 9.69 Å². The summed E-state index contributed by atoms with van der Waals surface area (Å²) in [6.45, 7) is 0. The maximum Gasteiger partial charge on any atom is 0.337 e. The van der Waals surface area contributed by atoms with Crippen molar-refractivity contribution in [2.24, 2.45) is 0 Å². The highest BCUT2D eigenvalue weighted by Crippen LogP contribution is 2.36. The molecule has 1 aromatic rings. The Morgan fingerprint density at radius 3 is 2.10 bits per heavy atom. The van der Waals surface area contributed by atoms with Gasteiger partial charge in [-0.15, -0.1) is 0 Å². The summed E-state index contributed by atoms with van der Waals surface area (Å²) in [7, 11) is 2.77. The zero-order valence-corrected chi connectivity index (χ0v) is 11.7. The van der Waals surface area contributed by atoms with Crippen molar-refractivity contribution in [2.45, 2.75) is 19.3 Å². The van der Waals surface area contributed by atoms with Crippen LogP contribution in [0.15, 0.2) is 12.1 Å². The van der Waals surface area contributed by atoms with Crippen molar-refractivity contribution < 1.29 is 29.0 Å². The molecule has 1 aromatic carbocycles. The van der Waals surface area contributed by atoms with Crippen molar-refractivity contribution in [1.29, 1.82) is 0 Å². The number of hydrogen-bond acceptors (Lipinski definition) is 5. The Hall–Kier alpha value is -2.57. The number of amides is 2. The number of rotatable bonds is 4. The molecule has 1 N–H and O–H groups in total. The molecule has 1 fully saturated rings. The van der Waals surface area contributed by atoms with E-state index in [9.17, 15) is 19.5 Å². The molecular formula is C14H15NO6. The predicted molar refractivity (Wildman–Crippen MR) is 72.8 cm³/mol. The Labute approximate surface area is 121 Å². The van der Waals surface area contributed by atoms with Crippen molar-refractivity contribution in [3.63, 3.8) is 0 Å². The van der Waals surface area contributed by atoms with E-state index in [2.05, 4.69) is 0 Å². The average Bonchev–Trinajstić information content (AvgIpc) is 2.46. The largest absolute Gasteiger partial charge is 0.493 e. The zero-order chi connectivity index (χ0) is 15.6. The van der Waals surface area contributed by atoms with Crippen LogP contribution in [0.25, 0.3) is 0 Å². The van der Waals surface area contributed by atoms with Gasteiger partial charge in [-0.3, -0.25) is 9.59 Å². The first-order chi connectivity index (χ1) is 9.99. The normalized spacial score (nSPS) is 15.0. The molecule has 1 aliphatic heterocycles. The van der Waals surface area contributed by atoms with Crippen molar-refractivity contribution in [1.82, 2.24) is 0 Å². The van der Waals surface area contributed by atoms with Gasteiger partial charge in [0.1, 0.15) is 0 Å². The van der Waals surface area contributed by atoms with Crippen molar-refractivity contribution in [3.8, 4) is 11.5 Å². The van der Waals surface area contributed by atoms with Gasteiger partial charge in [-0.05, 0) is 6.42 Å². The van der Waals surface area contributed by atoms with E-state index in [1.807, 2.05) is 0 Å². The van der Waals surface area contributed by atoms with Gasteiger partial charge in [-0.2, -0.15) is 0 Å². The summed E-state index contributed by atoms with van der Waals surface area (Å²) in [6.07, 6.45) is 0.891. The molecule has 0 unspecified atom stereocenters. The minimum atomic E-state index is -1.25. The SMILES string of the molecule is COc1cc(C(=O)O)c(N2C(=O)CCCC2=O)cc1OC. The molecule has 0 radical (unpaired) electrons. The number of piperidine rings is 1. The highest BCUT2D eigenvalue weighted by atomic mass is 16.5. The molecule has 1 heterocycles. The van der Waals surface area contributed by atoms with Gasteiger partial charge >= 0.3 is 5.97 Å². The zero-order valence-electron chi connectivity index (χ0n) is 11.7. The Balaban J connectivity index is 2.62. The molecule has 0 saturated carbocycles. The molecule has 21 heavy (non-hydrogen) atoms. The molecule has 1 saturated heterocycles. The highest BCUT2D eigenvalue weighted by Gasteiger charge is 2.31. The van der Waals surface area contributed by atoms with Crippen LogP contribution in [0.3, 0.4) is 0 Å². The third-order valence-corrected chi connectivity index (χ3v) is 3.25. The first-order valence-electron chi connectivity index (χ1n) is 6.34. The van der Waals surface area contributed by atoms with E-state index in [4.69, 9.17) is 9.47 Å². The van der Waals surface area contributed by atoms with E-state index in [-0.39, 0.29) is 35.6 Å². The molecule has 0 atom stereocenters. The van der Waals surface area contributed by atoms with E-state index in [1.54, 1.807) is 0 Å². The minimum absolute atomic E-state index is 0.00912. The summed E-state index contributed by atoms with van der Waals surface area (Å²) in [5, 5.41) is 9.31. The third kappa shape index (κ3) is 2.67. The quantitative estimate of drug-likeness (QED) is 0.844. The first kappa shape index (κ1) is 14.8. The summed E-state index contributed by atoms with van der Waals surface area (Å²) in [5.74, 6) is -1.61. The predicted octanol–water partition coefficient (Wildman–Crippen LogP) is 1.45. The number of ether oxygens (including phenoxy) is 2. The molecule has 0 spiro atoms. The summed E-state index contributed by atoms with van der Waals surface area (Å²) < 4.78 is 10.2. The van der Waals surface area contributed by atoms with Crippen LogP contribution in [0.4, 0.5) is 5.69 Å². The van der Waals surface area contributed by atoms with Crippen LogP contribution in [0, 0.1) is 0 Å². The number of anilines is 1. The van der Waals surface area contributed by atoms with Gasteiger partial charge in [0.25, 0.3) is 0 Å². The summed E-state index contributed by atoms with van der Waals surface area (Å²) in [6, 6.07) is 2.58. The highest BCUT2D eigenvalue weighted by molar-refractivity contribution is 6.19. The van der Waals surface area contributed by atoms with Crippen LogP contribution in [0.1, 0.15) is 29.6 Å². The van der Waals surface area contributed by atoms with Crippen LogP contribution in [0.5, 0.6) is 11.5 Å². The second-order valence-electron chi connectivity index (χ2n) is 4.51. The maximum atomic E-state index is 12.0. The third-order valence-electron chi connectivity index (χ3n) is 3.25. The molecule has 2 rings (SSSR count). The van der Waals surface area contributed by atoms with Crippen molar-refractivity contribution in [3.05, 3.63) is 17.7 Å². The molecule has 1 aliphatic rings. The number of methoxy groups -OCH3 is 2. The van der Waals surface area contributed by atoms with Gasteiger partial charge < -0.3 is 14.6 Å². The number of hydrogen-bond donors (Lipinski definition) is 1. The number of aromatic carboxylic acids is 1. The lowest BCUT2D eigenvalue weighted by Crippen LogP contribution is -2.41. The van der Waals surface area contributed by atoms with E-state index >= 15 is 0 Å². The standard InChI is InChI=1S/C14H15NO6/c1-20-10-6-8(14(18)19)9(7-11(10)21-2)15-12(16)4-3-5-13(15)17/h6-7H,3-5H2,1-2H3,(H,18,19). The fourth-order valence-electron chi connectivity index (χ4n) is 2.25. The molecule has 7 heteroatoms. The number of imide groups is 1. The Bertz CT molecular complexity index is 594. The summed E-state index contributed by atoms with van der Waals surface area (Å²) in [5.41, 5.74) is -0.175. The van der Waals surface area contributed by atoms with Gasteiger partial charge in [0, 0.05) is 25.0 Å². The number of carboxylic acids is 1. The van der Waals surface area contributed by atoms with Gasteiger partial charge in [0.05, 0.1) is 25.5 Å². The van der Waals surface area contributed by atoms with E-state index in [0.717, 1.165) is 4.90 Å². The minimum Gasteiger partial charge on any atom is -0.493 e. The van der Waals surface area contributed by atoms with Crippen LogP contribution in [-0.2, 0) is 9.59 Å². The Morgan fingerprint density at radius 1 is 1.10 bits per heavy atom.